The molecule has 1 N–H and O–H groups in total. The SMILES string of the molecule is C.C.C=CCOc1cc(CCN(C(=O)OCC)c2cc(Br)nc(Br)c2[N+](=O)[O-])ccc1OC.CCOC(=O)Nc1cc(Br)nc(Br)c1[N+](=O)[O-]. The van der Waals surface area contributed by atoms with Crippen LogP contribution in [0.5, 0.6) is 11.5 Å². The zero-order chi connectivity index (χ0) is 36.0. The van der Waals surface area contributed by atoms with E-state index in [1.54, 1.807) is 32.1 Å². The predicted octanol–water partition coefficient (Wildman–Crippen LogP) is 9.65. The van der Waals surface area contributed by atoms with Gasteiger partial charge in [-0.05, 0) is 102 Å². The van der Waals surface area contributed by atoms with E-state index in [2.05, 4.69) is 90.3 Å². The number of anilines is 2. The van der Waals surface area contributed by atoms with Gasteiger partial charge < -0.3 is 18.9 Å². The van der Waals surface area contributed by atoms with Gasteiger partial charge in [-0.25, -0.2) is 19.6 Å². The van der Waals surface area contributed by atoms with Gasteiger partial charge in [0.1, 0.15) is 27.2 Å². The maximum absolute atomic E-state index is 12.6. The molecule has 16 nitrogen and oxygen atoms in total. The van der Waals surface area contributed by atoms with Crippen molar-refractivity contribution >= 4 is 98.7 Å². The Morgan fingerprint density at radius 3 is 2.04 bits per heavy atom. The summed E-state index contributed by atoms with van der Waals surface area (Å²) >= 11 is 12.3. The van der Waals surface area contributed by atoms with Crippen LogP contribution >= 0.6 is 63.7 Å². The Kier molecular flexibility index (Phi) is 21.0. The summed E-state index contributed by atoms with van der Waals surface area (Å²) in [5.41, 5.74) is 0.238. The first-order chi connectivity index (χ1) is 22.8. The Hall–Kier alpha value is -3.88. The van der Waals surface area contributed by atoms with E-state index in [0.717, 1.165) is 5.56 Å². The number of nitrogens with one attached hydrogen (secondary N) is 1. The summed E-state index contributed by atoms with van der Waals surface area (Å²) in [4.78, 5) is 54.1. The molecule has 2 aromatic heterocycles. The molecule has 0 atom stereocenters. The smallest absolute Gasteiger partial charge is 0.414 e. The van der Waals surface area contributed by atoms with Crippen LogP contribution < -0.4 is 19.7 Å². The van der Waals surface area contributed by atoms with E-state index in [1.165, 1.54) is 24.1 Å². The summed E-state index contributed by atoms with van der Waals surface area (Å²) in [5, 5.41) is 24.7. The number of ether oxygens (including phenoxy) is 4. The van der Waals surface area contributed by atoms with E-state index in [4.69, 9.17) is 14.2 Å². The average Bonchev–Trinajstić information content (AvgIpc) is 2.99. The normalized spacial score (nSPS) is 9.74. The van der Waals surface area contributed by atoms with Crippen LogP contribution in [-0.2, 0) is 15.9 Å². The van der Waals surface area contributed by atoms with Gasteiger partial charge in [0, 0.05) is 18.7 Å². The van der Waals surface area contributed by atoms with Crippen molar-refractivity contribution in [1.29, 1.82) is 0 Å². The van der Waals surface area contributed by atoms with Crippen LogP contribution in [0.25, 0.3) is 0 Å². The molecule has 20 heteroatoms. The first-order valence-electron chi connectivity index (χ1n) is 13.6. The van der Waals surface area contributed by atoms with Crippen molar-refractivity contribution in [3.05, 3.63) is 87.2 Å². The molecule has 2 heterocycles. The number of hydrogen-bond acceptors (Lipinski definition) is 12. The fraction of sp³-hybridized carbons (Fsp3) is 0.333. The molecule has 3 aromatic rings. The predicted molar refractivity (Wildman–Crippen MR) is 203 cm³/mol. The van der Waals surface area contributed by atoms with Gasteiger partial charge in [0.25, 0.3) is 0 Å². The van der Waals surface area contributed by atoms with E-state index >= 15 is 0 Å². The molecule has 0 unspecified atom stereocenters. The molecular weight excluding hydrogens is 924 g/mol. The number of nitrogens with zero attached hydrogens (tertiary/aromatic N) is 5. The molecule has 3 rings (SSSR count). The Morgan fingerprint density at radius 2 is 1.50 bits per heavy atom. The highest BCUT2D eigenvalue weighted by molar-refractivity contribution is 9.11. The molecule has 0 bridgehead atoms. The van der Waals surface area contributed by atoms with Crippen molar-refractivity contribution in [2.45, 2.75) is 35.1 Å². The molecule has 2 amide bonds. The summed E-state index contributed by atoms with van der Waals surface area (Å²) in [7, 11) is 1.54. The number of halogens is 4. The second kappa shape index (κ2) is 22.8. The van der Waals surface area contributed by atoms with Crippen molar-refractivity contribution < 1.29 is 38.4 Å². The van der Waals surface area contributed by atoms with Crippen LogP contribution in [0, 0.1) is 20.2 Å². The van der Waals surface area contributed by atoms with Crippen molar-refractivity contribution in [2.75, 3.05) is 43.7 Å². The second-order valence-electron chi connectivity index (χ2n) is 8.78. The highest BCUT2D eigenvalue weighted by atomic mass is 79.9. The van der Waals surface area contributed by atoms with Crippen molar-refractivity contribution in [3.8, 4) is 11.5 Å². The monoisotopic (exact) mass is 956 g/mol. The Bertz CT molecular complexity index is 1660. The lowest BCUT2D eigenvalue weighted by atomic mass is 10.1. The molecule has 50 heavy (non-hydrogen) atoms. The molecule has 0 aliphatic heterocycles. The Morgan fingerprint density at radius 1 is 0.920 bits per heavy atom. The van der Waals surface area contributed by atoms with Crippen molar-refractivity contribution in [1.82, 2.24) is 9.97 Å². The molecule has 274 valence electrons. The lowest BCUT2D eigenvalue weighted by Gasteiger charge is -2.22. The summed E-state index contributed by atoms with van der Waals surface area (Å²) in [5.74, 6) is 1.09. The number of nitro groups is 2. The van der Waals surface area contributed by atoms with Gasteiger partial charge in [0.15, 0.2) is 20.7 Å². The number of pyridine rings is 2. The molecule has 0 aliphatic rings. The standard InChI is InChI=1S/C20H21Br2N3O6.C8H7Br2N3O4.2CH4/c1-4-10-31-16-11-13(6-7-15(16)29-3)8-9-24(20(26)30-5-2)14-12-17(21)23-19(22)18(14)25(27)28;1-2-17-8(14)11-4-3-5(9)12-7(10)6(4)13(15)16;;/h4,6-7,11-12H,1,5,8-10H2,2-3H3;3H,2H2,1H3,(H,11,12,14);2*1H4. The number of carbonyl (C=O) groups excluding carboxylic acids is 2. The minimum atomic E-state index is -0.763. The van der Waals surface area contributed by atoms with Crippen molar-refractivity contribution in [2.24, 2.45) is 0 Å². The van der Waals surface area contributed by atoms with Crippen LogP contribution in [0.2, 0.25) is 0 Å². The van der Waals surface area contributed by atoms with Gasteiger partial charge in [-0.2, -0.15) is 0 Å². The van der Waals surface area contributed by atoms with Gasteiger partial charge in [0.2, 0.25) is 0 Å². The van der Waals surface area contributed by atoms with E-state index in [1.807, 2.05) is 6.07 Å². The lowest BCUT2D eigenvalue weighted by molar-refractivity contribution is -0.385. The summed E-state index contributed by atoms with van der Waals surface area (Å²) in [6, 6.07) is 8.10. The molecule has 0 fully saturated rings. The zero-order valence-electron chi connectivity index (χ0n) is 25.5. The fourth-order valence-electron chi connectivity index (χ4n) is 3.75. The molecule has 0 aliphatic carbocycles. The minimum Gasteiger partial charge on any atom is -0.493 e. The largest absolute Gasteiger partial charge is 0.493 e. The number of methoxy groups -OCH3 is 1. The second-order valence-corrected chi connectivity index (χ2v) is 11.9. The molecule has 0 saturated heterocycles. The Labute approximate surface area is 322 Å². The first kappa shape index (κ1) is 46.1. The third kappa shape index (κ3) is 13.4. The number of rotatable bonds is 13. The number of aromatic nitrogens is 2. The molecule has 1 aromatic carbocycles. The number of hydrogen-bond donors (Lipinski definition) is 1. The summed E-state index contributed by atoms with van der Waals surface area (Å²) in [6.07, 6.45) is 0.530. The number of carbonyl (C=O) groups is 2. The van der Waals surface area contributed by atoms with Crippen LogP contribution in [-0.4, -0.2) is 65.5 Å². The fourth-order valence-corrected chi connectivity index (χ4v) is 6.12. The quantitative estimate of drug-likeness (QED) is 0.0738. The van der Waals surface area contributed by atoms with Crippen molar-refractivity contribution in [3.63, 3.8) is 0 Å². The topological polar surface area (TPSA) is 198 Å². The zero-order valence-corrected chi connectivity index (χ0v) is 31.9. The summed E-state index contributed by atoms with van der Waals surface area (Å²) in [6.45, 7) is 7.65. The van der Waals surface area contributed by atoms with E-state index in [0.29, 0.717) is 33.7 Å². The molecular formula is C30H36Br4N6O10. The highest BCUT2D eigenvalue weighted by Crippen LogP contribution is 2.37. The molecule has 0 saturated carbocycles. The van der Waals surface area contributed by atoms with E-state index < -0.39 is 22.0 Å². The minimum absolute atomic E-state index is 0. The van der Waals surface area contributed by atoms with Crippen LogP contribution in [0.1, 0.15) is 34.3 Å². The van der Waals surface area contributed by atoms with Gasteiger partial charge in [-0.1, -0.05) is 33.6 Å². The molecule has 0 spiro atoms. The number of benzene rings is 1. The van der Waals surface area contributed by atoms with E-state index in [-0.39, 0.29) is 66.6 Å². The third-order valence-electron chi connectivity index (χ3n) is 5.68. The van der Waals surface area contributed by atoms with Gasteiger partial charge in [0.05, 0.1) is 30.2 Å². The van der Waals surface area contributed by atoms with Crippen LogP contribution in [0.3, 0.4) is 0 Å². The summed E-state index contributed by atoms with van der Waals surface area (Å²) < 4.78 is 21.4. The van der Waals surface area contributed by atoms with Gasteiger partial charge in [-0.3, -0.25) is 30.4 Å². The maximum Gasteiger partial charge on any atom is 0.414 e. The maximum atomic E-state index is 12.6. The number of amides is 2. The first-order valence-corrected chi connectivity index (χ1v) is 16.7. The van der Waals surface area contributed by atoms with Crippen LogP contribution in [0.4, 0.5) is 32.3 Å². The lowest BCUT2D eigenvalue weighted by Crippen LogP contribution is -2.34. The third-order valence-corrected chi connectivity index (χ3v) is 7.60. The van der Waals surface area contributed by atoms with Crippen LogP contribution in [0.15, 0.2) is 61.4 Å². The van der Waals surface area contributed by atoms with Gasteiger partial charge in [-0.15, -0.1) is 0 Å². The Balaban J connectivity index is 0.00000108. The van der Waals surface area contributed by atoms with E-state index in [9.17, 15) is 29.8 Å². The highest BCUT2D eigenvalue weighted by Gasteiger charge is 2.30. The van der Waals surface area contributed by atoms with Gasteiger partial charge >= 0.3 is 23.6 Å². The molecule has 0 radical (unpaired) electrons. The average molecular weight is 960 g/mol.